The number of ether oxygens (including phenoxy) is 2. The Bertz CT molecular complexity index is 1590. The zero-order chi connectivity index (χ0) is 43.4. The van der Waals surface area contributed by atoms with Gasteiger partial charge in [0.2, 0.25) is 5.79 Å². The Balaban J connectivity index is 1.62. The van der Waals surface area contributed by atoms with Gasteiger partial charge in [0.15, 0.2) is 0 Å². The second kappa shape index (κ2) is 22.6. The van der Waals surface area contributed by atoms with E-state index in [1.807, 2.05) is 25.2 Å². The Morgan fingerprint density at radius 1 is 0.847 bits per heavy atom. The molecule has 0 aromatic carbocycles. The number of carbonyl (C=O) groups is 5. The van der Waals surface area contributed by atoms with Gasteiger partial charge in [0.05, 0.1) is 12.2 Å². The topological polar surface area (TPSA) is 168 Å². The van der Waals surface area contributed by atoms with Gasteiger partial charge in [-0.1, -0.05) is 95.4 Å². The fraction of sp³-hybridized carbons (Fsp3) is 0.729. The van der Waals surface area contributed by atoms with E-state index in [1.54, 1.807) is 34.0 Å². The molecule has 3 N–H and O–H groups in total. The van der Waals surface area contributed by atoms with E-state index in [9.17, 15) is 39.3 Å². The van der Waals surface area contributed by atoms with Crippen molar-refractivity contribution in [1.82, 2.24) is 4.90 Å². The van der Waals surface area contributed by atoms with Crippen LogP contribution in [0.3, 0.4) is 0 Å². The zero-order valence-corrected chi connectivity index (χ0v) is 36.8. The van der Waals surface area contributed by atoms with Gasteiger partial charge in [-0.25, -0.2) is 4.79 Å². The van der Waals surface area contributed by atoms with Gasteiger partial charge in [-0.15, -0.1) is 0 Å². The number of piperidine rings is 1. The molecular weight excluding hydrogens is 751 g/mol. The van der Waals surface area contributed by atoms with Crippen LogP contribution in [0.5, 0.6) is 0 Å². The molecule has 11 atom stereocenters. The summed E-state index contributed by atoms with van der Waals surface area (Å²) in [6.45, 7) is 11.1. The maximum Gasteiger partial charge on any atom is 0.329 e. The number of fused-ring (bicyclic) bond motifs is 2. The fourth-order valence-electron chi connectivity index (χ4n) is 9.83. The number of esters is 1. The van der Waals surface area contributed by atoms with Crippen molar-refractivity contribution in [1.29, 1.82) is 0 Å². The number of aliphatic hydroxyl groups excluding tert-OH is 1. The summed E-state index contributed by atoms with van der Waals surface area (Å²) in [4.78, 5) is 69.9. The highest BCUT2D eigenvalue weighted by Gasteiger charge is 2.54. The van der Waals surface area contributed by atoms with Crippen LogP contribution in [-0.2, 0) is 33.4 Å². The number of amides is 1. The SMILES string of the molecule is CO[C@H]1CCC[C@@H](C[C@H]2C3CCCN4C(=O)C(=O)C(O)(O)[C@H](C)CCCCC/C(C)=C/C=C/C=C/[C@@H](C)C[C@@H](C)C(=O)C[C@H](O)/C(C)=C/[C@@H](C)C(=O)C[C@@H]2OC(=O)[C@H]34)C1. The molecule has 2 bridgehead atoms. The van der Waals surface area contributed by atoms with E-state index in [1.165, 1.54) is 10.5 Å². The third-order valence-corrected chi connectivity index (χ3v) is 13.7. The normalized spacial score (nSPS) is 38.6. The minimum atomic E-state index is -2.90. The van der Waals surface area contributed by atoms with Gasteiger partial charge in [-0.3, -0.25) is 19.2 Å². The van der Waals surface area contributed by atoms with Crippen molar-refractivity contribution in [2.45, 2.75) is 168 Å². The molecule has 4 aliphatic rings. The molecule has 11 heteroatoms. The molecule has 3 heterocycles. The molecule has 3 aliphatic heterocycles. The van der Waals surface area contributed by atoms with E-state index >= 15 is 0 Å². The van der Waals surface area contributed by atoms with Crippen molar-refractivity contribution in [2.24, 2.45) is 41.4 Å². The van der Waals surface area contributed by atoms with Crippen molar-refractivity contribution in [3.05, 3.63) is 47.6 Å². The minimum Gasteiger partial charge on any atom is -0.460 e. The van der Waals surface area contributed by atoms with Gasteiger partial charge in [0.1, 0.15) is 23.7 Å². The molecule has 1 aliphatic carbocycles. The molecule has 0 radical (unpaired) electrons. The van der Waals surface area contributed by atoms with Crippen LogP contribution in [0.15, 0.2) is 47.6 Å². The summed E-state index contributed by atoms with van der Waals surface area (Å²) < 4.78 is 11.8. The van der Waals surface area contributed by atoms with Gasteiger partial charge in [-0.05, 0) is 95.0 Å². The summed E-state index contributed by atoms with van der Waals surface area (Å²) in [7, 11) is 1.71. The molecule has 2 saturated heterocycles. The van der Waals surface area contributed by atoms with Crippen molar-refractivity contribution >= 4 is 29.2 Å². The first-order valence-corrected chi connectivity index (χ1v) is 22.4. The number of hydrogen-bond donors (Lipinski definition) is 3. The molecule has 330 valence electrons. The predicted octanol–water partition coefficient (Wildman–Crippen LogP) is 7.16. The largest absolute Gasteiger partial charge is 0.460 e. The quantitative estimate of drug-likeness (QED) is 0.115. The monoisotopic (exact) mass is 824 g/mol. The van der Waals surface area contributed by atoms with Gasteiger partial charge < -0.3 is 29.7 Å². The Morgan fingerprint density at radius 3 is 2.32 bits per heavy atom. The molecule has 4 rings (SSSR count). The van der Waals surface area contributed by atoms with Crippen LogP contribution >= 0.6 is 0 Å². The first-order valence-electron chi connectivity index (χ1n) is 22.4. The molecule has 0 spiro atoms. The molecule has 1 unspecified atom stereocenters. The molecular formula is C48H73NO10. The Labute approximate surface area is 352 Å². The van der Waals surface area contributed by atoms with Crippen LogP contribution in [0, 0.1) is 41.4 Å². The van der Waals surface area contributed by atoms with E-state index in [0.717, 1.165) is 44.9 Å². The molecule has 1 saturated carbocycles. The summed E-state index contributed by atoms with van der Waals surface area (Å²) in [5.74, 6) is -8.37. The van der Waals surface area contributed by atoms with Gasteiger partial charge in [0.25, 0.3) is 11.7 Å². The number of carbonyl (C=O) groups excluding carboxylic acids is 5. The van der Waals surface area contributed by atoms with Crippen LogP contribution < -0.4 is 0 Å². The number of ketones is 3. The number of methoxy groups -OCH3 is 1. The molecule has 11 nitrogen and oxygen atoms in total. The number of aliphatic hydroxyl groups is 3. The summed E-state index contributed by atoms with van der Waals surface area (Å²) in [6, 6.07) is -1.09. The Morgan fingerprint density at radius 2 is 1.59 bits per heavy atom. The highest BCUT2D eigenvalue weighted by Crippen LogP contribution is 2.44. The fourth-order valence-corrected chi connectivity index (χ4v) is 9.83. The van der Waals surface area contributed by atoms with Crippen molar-refractivity contribution in [3.8, 4) is 0 Å². The summed E-state index contributed by atoms with van der Waals surface area (Å²) >= 11 is 0. The van der Waals surface area contributed by atoms with E-state index in [2.05, 4.69) is 26.0 Å². The molecule has 0 aromatic heterocycles. The maximum atomic E-state index is 14.0. The predicted molar refractivity (Wildman–Crippen MR) is 227 cm³/mol. The average Bonchev–Trinajstić information content (AvgIpc) is 3.20. The highest BCUT2D eigenvalue weighted by atomic mass is 16.5. The van der Waals surface area contributed by atoms with Crippen molar-refractivity contribution < 1.29 is 48.8 Å². The van der Waals surface area contributed by atoms with E-state index in [0.29, 0.717) is 44.1 Å². The van der Waals surface area contributed by atoms with E-state index in [4.69, 9.17) is 9.47 Å². The number of hydrogen-bond acceptors (Lipinski definition) is 10. The lowest BCUT2D eigenvalue weighted by Crippen LogP contribution is -2.64. The second-order valence-electron chi connectivity index (χ2n) is 18.5. The lowest BCUT2D eigenvalue weighted by atomic mass is 9.68. The molecule has 0 aromatic rings. The van der Waals surface area contributed by atoms with Gasteiger partial charge >= 0.3 is 5.97 Å². The summed E-state index contributed by atoms with van der Waals surface area (Å²) in [5.41, 5.74) is 1.72. The number of Topliss-reactive ketones (excluding diaryl/α,β-unsaturated/α-hetero) is 3. The number of nitrogens with zero attached hydrogens (tertiary/aromatic N) is 1. The minimum absolute atomic E-state index is 0.0429. The zero-order valence-electron chi connectivity index (χ0n) is 36.8. The van der Waals surface area contributed by atoms with Crippen LogP contribution in [0.4, 0.5) is 0 Å². The third kappa shape index (κ3) is 13.4. The Kier molecular flexibility index (Phi) is 18.5. The lowest BCUT2D eigenvalue weighted by molar-refractivity contribution is -0.208. The van der Waals surface area contributed by atoms with Crippen molar-refractivity contribution in [2.75, 3.05) is 13.7 Å². The molecule has 59 heavy (non-hydrogen) atoms. The smallest absolute Gasteiger partial charge is 0.329 e. The maximum absolute atomic E-state index is 14.0. The second-order valence-corrected chi connectivity index (χ2v) is 18.5. The number of rotatable bonds is 3. The van der Waals surface area contributed by atoms with Crippen LogP contribution in [0.1, 0.15) is 138 Å². The first kappa shape index (κ1) is 48.4. The first-order chi connectivity index (χ1) is 27.9. The van der Waals surface area contributed by atoms with E-state index in [-0.39, 0.29) is 60.7 Å². The van der Waals surface area contributed by atoms with E-state index < -0.39 is 59.5 Å². The van der Waals surface area contributed by atoms with Crippen LogP contribution in [-0.4, -0.2) is 93.2 Å². The van der Waals surface area contributed by atoms with Gasteiger partial charge in [-0.2, -0.15) is 0 Å². The lowest BCUT2D eigenvalue weighted by Gasteiger charge is -2.49. The highest BCUT2D eigenvalue weighted by molar-refractivity contribution is 6.39. The van der Waals surface area contributed by atoms with Crippen LogP contribution in [0.2, 0.25) is 0 Å². The molecule has 3 fully saturated rings. The van der Waals surface area contributed by atoms with Gasteiger partial charge in [0, 0.05) is 50.2 Å². The average molecular weight is 824 g/mol. The van der Waals surface area contributed by atoms with Crippen molar-refractivity contribution in [3.63, 3.8) is 0 Å². The standard InChI is InChI=1S/C48H73NO10/c1-30-16-10-8-12-18-31(2)24-32(3)40(50)28-41(51)33(4)25-34(5)42(52)29-43-39(27-36-20-14-21-37(26-36)58-7)38-22-15-23-49(44(38)47(55)59-43)46(54)45(53)48(56,57)35(6)19-13-9-11-17-30/h8,10,12,16,18,25,31-32,34-39,41,43-44,51,56-57H,9,11,13-15,17,19-24,26-29H2,1-7H3/b10-8+,18-12+,30-16+,33-25+/t31-,32-,34-,35-,36-,37+,38?,39+,41+,43+,44+/m1/s1. The summed E-state index contributed by atoms with van der Waals surface area (Å²) in [5, 5.41) is 33.3. The molecule has 1 amide bonds. The van der Waals surface area contributed by atoms with Crippen LogP contribution in [0.25, 0.3) is 0 Å². The third-order valence-electron chi connectivity index (χ3n) is 13.7. The summed E-state index contributed by atoms with van der Waals surface area (Å²) in [6.07, 6.45) is 19.5. The Hall–Kier alpha value is -3.25. The number of allylic oxidation sites excluding steroid dienone is 7.